The SMILES string of the molecule is CCC[C@H]1[C@H]2C[C@H](CN(C(=O)c3ccc4c(c3)CCCO4)C2)[C@@H]2CCCC(=O)N21. The number of aryl methyl sites for hydroxylation is 1. The molecule has 0 spiro atoms. The van der Waals surface area contributed by atoms with E-state index in [2.05, 4.69) is 16.7 Å². The lowest BCUT2D eigenvalue weighted by atomic mass is 9.71. The number of fused-ring (bicyclic) bond motifs is 5. The molecule has 2 amide bonds. The molecule has 0 aromatic heterocycles. The van der Waals surface area contributed by atoms with Gasteiger partial charge < -0.3 is 14.5 Å². The summed E-state index contributed by atoms with van der Waals surface area (Å²) >= 11 is 0. The Bertz CT molecular complexity index is 807. The Kier molecular flexibility index (Phi) is 5.00. The molecule has 1 aromatic carbocycles. The van der Waals surface area contributed by atoms with Gasteiger partial charge in [-0.2, -0.15) is 0 Å². The maximum Gasteiger partial charge on any atom is 0.253 e. The van der Waals surface area contributed by atoms with E-state index in [0.29, 0.717) is 36.2 Å². The van der Waals surface area contributed by atoms with E-state index in [-0.39, 0.29) is 5.91 Å². The Hall–Kier alpha value is -2.04. The fourth-order valence-electron chi connectivity index (χ4n) is 6.28. The number of piperidine rings is 3. The summed E-state index contributed by atoms with van der Waals surface area (Å²) in [4.78, 5) is 30.5. The number of hydrogen-bond donors (Lipinski definition) is 0. The third-order valence-electron chi connectivity index (χ3n) is 7.52. The normalized spacial score (nSPS) is 31.0. The van der Waals surface area contributed by atoms with Crippen LogP contribution in [-0.4, -0.2) is 53.4 Å². The van der Waals surface area contributed by atoms with Crippen LogP contribution >= 0.6 is 0 Å². The summed E-state index contributed by atoms with van der Waals surface area (Å²) in [5, 5.41) is 0. The van der Waals surface area contributed by atoms with Crippen LogP contribution in [0.5, 0.6) is 5.75 Å². The van der Waals surface area contributed by atoms with Gasteiger partial charge in [0, 0.05) is 37.2 Å². The van der Waals surface area contributed by atoms with Gasteiger partial charge in [-0.15, -0.1) is 0 Å². The first-order valence-electron chi connectivity index (χ1n) is 11.5. The number of amides is 2. The second-order valence-electron chi connectivity index (χ2n) is 9.36. The molecule has 29 heavy (non-hydrogen) atoms. The number of hydrogen-bond acceptors (Lipinski definition) is 3. The average molecular weight is 397 g/mol. The molecule has 156 valence electrons. The van der Waals surface area contributed by atoms with Crippen LogP contribution in [0.15, 0.2) is 18.2 Å². The van der Waals surface area contributed by atoms with Gasteiger partial charge in [0.15, 0.2) is 0 Å². The Morgan fingerprint density at radius 3 is 2.90 bits per heavy atom. The van der Waals surface area contributed by atoms with Crippen LogP contribution in [-0.2, 0) is 11.2 Å². The minimum absolute atomic E-state index is 0.152. The van der Waals surface area contributed by atoms with Crippen LogP contribution in [0, 0.1) is 11.8 Å². The van der Waals surface area contributed by atoms with Gasteiger partial charge in [0.05, 0.1) is 6.61 Å². The summed E-state index contributed by atoms with van der Waals surface area (Å²) in [6.45, 7) is 4.54. The van der Waals surface area contributed by atoms with Crippen molar-refractivity contribution in [2.45, 2.75) is 70.4 Å². The van der Waals surface area contributed by atoms with Gasteiger partial charge in [-0.25, -0.2) is 0 Å². The molecule has 0 unspecified atom stereocenters. The predicted molar refractivity (Wildman–Crippen MR) is 111 cm³/mol. The molecule has 0 saturated carbocycles. The van der Waals surface area contributed by atoms with Gasteiger partial charge in [-0.1, -0.05) is 13.3 Å². The summed E-state index contributed by atoms with van der Waals surface area (Å²) in [6.07, 6.45) is 8.11. The number of benzene rings is 1. The highest BCUT2D eigenvalue weighted by Crippen LogP contribution is 2.43. The van der Waals surface area contributed by atoms with Gasteiger partial charge >= 0.3 is 0 Å². The highest BCUT2D eigenvalue weighted by molar-refractivity contribution is 5.94. The Morgan fingerprint density at radius 1 is 1.17 bits per heavy atom. The highest BCUT2D eigenvalue weighted by Gasteiger charge is 2.49. The second-order valence-corrected chi connectivity index (χ2v) is 9.36. The zero-order valence-electron chi connectivity index (χ0n) is 17.4. The van der Waals surface area contributed by atoms with E-state index in [1.165, 1.54) is 6.42 Å². The predicted octanol–water partition coefficient (Wildman–Crippen LogP) is 3.65. The largest absolute Gasteiger partial charge is 0.493 e. The number of carbonyl (C=O) groups excluding carboxylic acids is 2. The Morgan fingerprint density at radius 2 is 2.03 bits per heavy atom. The van der Waals surface area contributed by atoms with Crippen molar-refractivity contribution in [2.75, 3.05) is 19.7 Å². The standard InChI is InChI=1S/C24H32N2O3/c1-2-5-20-18-13-19(21-7-3-8-23(27)26(20)21)15-25(14-18)24(28)17-9-10-22-16(12-17)6-4-11-29-22/h9-10,12,18-21H,2-8,11,13-15H2,1H3/t18-,19+,20-,21-/m0/s1. The van der Waals surface area contributed by atoms with E-state index in [4.69, 9.17) is 4.74 Å². The molecular weight excluding hydrogens is 364 g/mol. The molecular formula is C24H32N2O3. The number of ether oxygens (including phenoxy) is 1. The van der Waals surface area contributed by atoms with Gasteiger partial charge in [-0.3, -0.25) is 9.59 Å². The van der Waals surface area contributed by atoms with Crippen LogP contribution in [0.3, 0.4) is 0 Å². The van der Waals surface area contributed by atoms with E-state index in [1.807, 2.05) is 18.2 Å². The molecule has 0 N–H and O–H groups in total. The first kappa shape index (κ1) is 19.0. The summed E-state index contributed by atoms with van der Waals surface area (Å²) in [6, 6.07) is 6.57. The Balaban J connectivity index is 1.39. The molecule has 5 rings (SSSR count). The van der Waals surface area contributed by atoms with Crippen LogP contribution in [0.2, 0.25) is 0 Å². The van der Waals surface area contributed by atoms with Gasteiger partial charge in [0.25, 0.3) is 5.91 Å². The maximum absolute atomic E-state index is 13.4. The van der Waals surface area contributed by atoms with Gasteiger partial charge in [0.1, 0.15) is 5.75 Å². The number of likely N-dealkylation sites (tertiary alicyclic amines) is 1. The zero-order valence-corrected chi connectivity index (χ0v) is 17.4. The van der Waals surface area contributed by atoms with Crippen LogP contribution in [0.1, 0.15) is 67.8 Å². The molecule has 4 aliphatic rings. The monoisotopic (exact) mass is 396 g/mol. The molecule has 4 atom stereocenters. The number of nitrogens with zero attached hydrogens (tertiary/aromatic N) is 2. The van der Waals surface area contributed by atoms with Crippen molar-refractivity contribution in [3.8, 4) is 5.75 Å². The van der Waals surface area contributed by atoms with Crippen molar-refractivity contribution in [3.05, 3.63) is 29.3 Å². The summed E-state index contributed by atoms with van der Waals surface area (Å²) in [7, 11) is 0. The van der Waals surface area contributed by atoms with Crippen molar-refractivity contribution >= 4 is 11.8 Å². The second kappa shape index (κ2) is 7.66. The van der Waals surface area contributed by atoms with Crippen molar-refractivity contribution in [3.63, 3.8) is 0 Å². The van der Waals surface area contributed by atoms with E-state index in [0.717, 1.165) is 75.1 Å². The maximum atomic E-state index is 13.4. The minimum Gasteiger partial charge on any atom is -0.493 e. The average Bonchev–Trinajstić information content (AvgIpc) is 2.76. The summed E-state index contributed by atoms with van der Waals surface area (Å²) in [5.74, 6) is 2.28. The first-order valence-corrected chi connectivity index (χ1v) is 11.5. The third kappa shape index (κ3) is 3.32. The fourth-order valence-corrected chi connectivity index (χ4v) is 6.28. The van der Waals surface area contributed by atoms with Gasteiger partial charge in [-0.05, 0) is 74.1 Å². The van der Waals surface area contributed by atoms with E-state index in [1.54, 1.807) is 0 Å². The summed E-state index contributed by atoms with van der Waals surface area (Å²) < 4.78 is 5.71. The topological polar surface area (TPSA) is 49.9 Å². The Labute approximate surface area is 173 Å². The lowest BCUT2D eigenvalue weighted by Gasteiger charge is -2.56. The van der Waals surface area contributed by atoms with Gasteiger partial charge in [0.2, 0.25) is 5.91 Å². The van der Waals surface area contributed by atoms with Crippen molar-refractivity contribution in [2.24, 2.45) is 11.8 Å². The molecule has 2 bridgehead atoms. The van der Waals surface area contributed by atoms with E-state index < -0.39 is 0 Å². The fraction of sp³-hybridized carbons (Fsp3) is 0.667. The molecule has 3 saturated heterocycles. The minimum atomic E-state index is 0.152. The van der Waals surface area contributed by atoms with Crippen LogP contribution in [0.25, 0.3) is 0 Å². The smallest absolute Gasteiger partial charge is 0.253 e. The van der Waals surface area contributed by atoms with E-state index >= 15 is 0 Å². The van der Waals surface area contributed by atoms with Crippen LogP contribution in [0.4, 0.5) is 0 Å². The molecule has 5 nitrogen and oxygen atoms in total. The lowest BCUT2D eigenvalue weighted by molar-refractivity contribution is -0.152. The highest BCUT2D eigenvalue weighted by atomic mass is 16.5. The van der Waals surface area contributed by atoms with E-state index in [9.17, 15) is 9.59 Å². The number of rotatable bonds is 3. The molecule has 5 heteroatoms. The molecule has 3 fully saturated rings. The molecule has 1 aromatic rings. The van der Waals surface area contributed by atoms with Crippen molar-refractivity contribution in [1.82, 2.24) is 9.80 Å². The van der Waals surface area contributed by atoms with Crippen molar-refractivity contribution in [1.29, 1.82) is 0 Å². The third-order valence-corrected chi connectivity index (χ3v) is 7.52. The lowest BCUT2D eigenvalue weighted by Crippen LogP contribution is -2.65. The number of carbonyl (C=O) groups is 2. The van der Waals surface area contributed by atoms with Crippen molar-refractivity contribution < 1.29 is 14.3 Å². The first-order chi connectivity index (χ1) is 14.2. The molecule has 0 aliphatic carbocycles. The molecule has 4 aliphatic heterocycles. The zero-order chi connectivity index (χ0) is 20.0. The molecule has 4 heterocycles. The summed E-state index contributed by atoms with van der Waals surface area (Å²) in [5.41, 5.74) is 1.95. The molecule has 0 radical (unpaired) electrons. The quantitative estimate of drug-likeness (QED) is 0.784. The van der Waals surface area contributed by atoms with Crippen LogP contribution < -0.4 is 4.74 Å².